The molecular formula is C14H20N2O3. The number of carbonyl (C=O) groups is 1. The van der Waals surface area contributed by atoms with Crippen molar-refractivity contribution in [3.05, 3.63) is 18.2 Å². The van der Waals surface area contributed by atoms with E-state index in [1.165, 1.54) is 12.8 Å². The third-order valence-electron chi connectivity index (χ3n) is 3.25. The fourth-order valence-corrected chi connectivity index (χ4v) is 2.25. The summed E-state index contributed by atoms with van der Waals surface area (Å²) in [5, 5.41) is 2.77. The highest BCUT2D eigenvalue weighted by Gasteiger charge is 2.17. The van der Waals surface area contributed by atoms with Gasteiger partial charge in [-0.1, -0.05) is 12.8 Å². The lowest BCUT2D eigenvalue weighted by Gasteiger charge is -2.13. The molecule has 0 spiro atoms. The molecule has 1 fully saturated rings. The van der Waals surface area contributed by atoms with Gasteiger partial charge in [0, 0.05) is 11.8 Å². The van der Waals surface area contributed by atoms with Crippen LogP contribution in [-0.2, 0) is 9.53 Å². The number of anilines is 2. The van der Waals surface area contributed by atoms with Crippen LogP contribution in [0, 0.1) is 0 Å². The molecule has 0 aliphatic heterocycles. The van der Waals surface area contributed by atoms with E-state index in [-0.39, 0.29) is 18.6 Å². The molecule has 1 aliphatic rings. The van der Waals surface area contributed by atoms with E-state index in [0.29, 0.717) is 17.1 Å². The largest absolute Gasteiger partial charge is 0.494 e. The number of carbonyl (C=O) groups excluding carboxylic acids is 1. The molecule has 2 rings (SSSR count). The molecule has 19 heavy (non-hydrogen) atoms. The van der Waals surface area contributed by atoms with Crippen LogP contribution in [-0.4, -0.2) is 25.7 Å². The molecule has 5 heteroatoms. The Morgan fingerprint density at radius 2 is 2.16 bits per heavy atom. The predicted octanol–water partition coefficient (Wildman–Crippen LogP) is 2.18. The highest BCUT2D eigenvalue weighted by atomic mass is 16.5. The van der Waals surface area contributed by atoms with Gasteiger partial charge in [0.1, 0.15) is 12.4 Å². The van der Waals surface area contributed by atoms with Crippen LogP contribution >= 0.6 is 0 Å². The first-order chi connectivity index (χ1) is 9.19. The molecule has 0 unspecified atom stereocenters. The number of methoxy groups -OCH3 is 1. The third kappa shape index (κ3) is 3.86. The minimum Gasteiger partial charge on any atom is -0.494 e. The summed E-state index contributed by atoms with van der Waals surface area (Å²) < 4.78 is 10.7. The summed E-state index contributed by atoms with van der Waals surface area (Å²) >= 11 is 0. The number of hydrogen-bond donors (Lipinski definition) is 2. The van der Waals surface area contributed by atoms with E-state index in [1.54, 1.807) is 25.3 Å². The Labute approximate surface area is 113 Å². The van der Waals surface area contributed by atoms with Gasteiger partial charge in [-0.3, -0.25) is 4.79 Å². The van der Waals surface area contributed by atoms with Crippen molar-refractivity contribution in [3.63, 3.8) is 0 Å². The highest BCUT2D eigenvalue weighted by Crippen LogP contribution is 2.26. The first kappa shape index (κ1) is 13.7. The molecule has 1 aromatic carbocycles. The Morgan fingerprint density at radius 1 is 1.42 bits per heavy atom. The minimum atomic E-state index is -0.171. The summed E-state index contributed by atoms with van der Waals surface area (Å²) in [7, 11) is 1.54. The predicted molar refractivity (Wildman–Crippen MR) is 74.2 cm³/mol. The van der Waals surface area contributed by atoms with E-state index in [2.05, 4.69) is 5.32 Å². The molecule has 0 saturated heterocycles. The van der Waals surface area contributed by atoms with E-state index >= 15 is 0 Å². The van der Waals surface area contributed by atoms with Crippen LogP contribution in [0.25, 0.3) is 0 Å². The molecule has 3 N–H and O–H groups in total. The SMILES string of the molecule is COc1cc(N)ccc1NC(=O)COC1CCCC1. The number of ether oxygens (including phenoxy) is 2. The molecule has 1 aliphatic carbocycles. The van der Waals surface area contributed by atoms with Crippen molar-refractivity contribution < 1.29 is 14.3 Å². The van der Waals surface area contributed by atoms with Crippen molar-refractivity contribution in [3.8, 4) is 5.75 Å². The van der Waals surface area contributed by atoms with Gasteiger partial charge in [-0.15, -0.1) is 0 Å². The summed E-state index contributed by atoms with van der Waals surface area (Å²) in [6.45, 7) is 0.0815. The van der Waals surface area contributed by atoms with E-state index in [4.69, 9.17) is 15.2 Å². The van der Waals surface area contributed by atoms with Gasteiger partial charge in [-0.25, -0.2) is 0 Å². The second-order valence-corrected chi connectivity index (χ2v) is 4.73. The van der Waals surface area contributed by atoms with Crippen molar-refractivity contribution in [1.29, 1.82) is 0 Å². The lowest BCUT2D eigenvalue weighted by atomic mass is 10.2. The van der Waals surface area contributed by atoms with Gasteiger partial charge < -0.3 is 20.5 Å². The molecule has 0 atom stereocenters. The zero-order valence-corrected chi connectivity index (χ0v) is 11.1. The molecule has 104 valence electrons. The maximum absolute atomic E-state index is 11.8. The first-order valence-corrected chi connectivity index (χ1v) is 6.54. The van der Waals surface area contributed by atoms with Crippen molar-refractivity contribution in [2.24, 2.45) is 0 Å². The van der Waals surface area contributed by atoms with E-state index in [9.17, 15) is 4.79 Å². The van der Waals surface area contributed by atoms with Gasteiger partial charge in [0.25, 0.3) is 0 Å². The first-order valence-electron chi connectivity index (χ1n) is 6.54. The molecule has 1 amide bonds. The third-order valence-corrected chi connectivity index (χ3v) is 3.25. The van der Waals surface area contributed by atoms with E-state index < -0.39 is 0 Å². The fraction of sp³-hybridized carbons (Fsp3) is 0.500. The molecule has 1 aromatic rings. The van der Waals surface area contributed by atoms with Gasteiger partial charge in [0.15, 0.2) is 0 Å². The average Bonchev–Trinajstić information content (AvgIpc) is 2.91. The molecule has 5 nitrogen and oxygen atoms in total. The Kier molecular flexibility index (Phi) is 4.63. The van der Waals surface area contributed by atoms with Crippen LogP contribution in [0.3, 0.4) is 0 Å². The number of nitrogen functional groups attached to an aromatic ring is 1. The number of hydrogen-bond acceptors (Lipinski definition) is 4. The number of nitrogens with two attached hydrogens (primary N) is 1. The molecule has 0 bridgehead atoms. The fourth-order valence-electron chi connectivity index (χ4n) is 2.25. The maximum Gasteiger partial charge on any atom is 0.250 e. The van der Waals surface area contributed by atoms with Gasteiger partial charge in [-0.2, -0.15) is 0 Å². The summed E-state index contributed by atoms with van der Waals surface area (Å²) in [4.78, 5) is 11.8. The maximum atomic E-state index is 11.8. The van der Waals surface area contributed by atoms with Crippen LogP contribution in [0.1, 0.15) is 25.7 Å². The normalized spacial score (nSPS) is 15.4. The van der Waals surface area contributed by atoms with Crippen molar-refractivity contribution in [1.82, 2.24) is 0 Å². The summed E-state index contributed by atoms with van der Waals surface area (Å²) in [5.74, 6) is 0.379. The number of nitrogens with one attached hydrogen (secondary N) is 1. The summed E-state index contributed by atoms with van der Waals surface area (Å²) in [5.41, 5.74) is 6.86. The van der Waals surface area contributed by atoms with Crippen LogP contribution in [0.15, 0.2) is 18.2 Å². The zero-order chi connectivity index (χ0) is 13.7. The van der Waals surface area contributed by atoms with Gasteiger partial charge >= 0.3 is 0 Å². The lowest BCUT2D eigenvalue weighted by molar-refractivity contribution is -0.122. The van der Waals surface area contributed by atoms with Gasteiger partial charge in [0.05, 0.1) is 18.9 Å². The van der Waals surface area contributed by atoms with Crippen molar-refractivity contribution in [2.45, 2.75) is 31.8 Å². The smallest absolute Gasteiger partial charge is 0.250 e. The molecule has 0 aromatic heterocycles. The molecule has 0 radical (unpaired) electrons. The van der Waals surface area contributed by atoms with Crippen LogP contribution in [0.2, 0.25) is 0 Å². The Balaban J connectivity index is 1.87. The Hall–Kier alpha value is -1.75. The topological polar surface area (TPSA) is 73.6 Å². The monoisotopic (exact) mass is 264 g/mol. The highest BCUT2D eigenvalue weighted by molar-refractivity contribution is 5.93. The number of benzene rings is 1. The molecule has 1 saturated carbocycles. The number of rotatable bonds is 5. The molecular weight excluding hydrogens is 244 g/mol. The number of amides is 1. The van der Waals surface area contributed by atoms with Crippen LogP contribution in [0.5, 0.6) is 5.75 Å². The van der Waals surface area contributed by atoms with Crippen molar-refractivity contribution in [2.75, 3.05) is 24.8 Å². The van der Waals surface area contributed by atoms with E-state index in [0.717, 1.165) is 12.8 Å². The standard InChI is InChI=1S/C14H20N2O3/c1-18-13-8-10(15)6-7-12(13)16-14(17)9-19-11-4-2-3-5-11/h6-8,11H,2-5,9,15H2,1H3,(H,16,17). The minimum absolute atomic E-state index is 0.0815. The zero-order valence-electron chi connectivity index (χ0n) is 11.1. The molecule has 0 heterocycles. The van der Waals surface area contributed by atoms with Crippen LogP contribution in [0.4, 0.5) is 11.4 Å². The second kappa shape index (κ2) is 6.43. The van der Waals surface area contributed by atoms with Gasteiger partial charge in [-0.05, 0) is 25.0 Å². The quantitative estimate of drug-likeness (QED) is 0.799. The Morgan fingerprint density at radius 3 is 2.84 bits per heavy atom. The van der Waals surface area contributed by atoms with E-state index in [1.807, 2.05) is 0 Å². The Bertz CT molecular complexity index is 442. The average molecular weight is 264 g/mol. The summed E-state index contributed by atoms with van der Waals surface area (Å²) in [6, 6.07) is 5.12. The van der Waals surface area contributed by atoms with Crippen molar-refractivity contribution >= 4 is 17.3 Å². The summed E-state index contributed by atoms with van der Waals surface area (Å²) in [6.07, 6.45) is 4.73. The van der Waals surface area contributed by atoms with Gasteiger partial charge in [0.2, 0.25) is 5.91 Å². The lowest BCUT2D eigenvalue weighted by Crippen LogP contribution is -2.22. The van der Waals surface area contributed by atoms with Crippen LogP contribution < -0.4 is 15.8 Å². The second-order valence-electron chi connectivity index (χ2n) is 4.73.